The van der Waals surface area contributed by atoms with E-state index in [1.165, 1.54) is 0 Å². The van der Waals surface area contributed by atoms with Crippen molar-refractivity contribution in [2.45, 2.75) is 39.2 Å². The number of fused-ring (bicyclic) bond motifs is 1. The van der Waals surface area contributed by atoms with Gasteiger partial charge in [0.1, 0.15) is 12.4 Å². The van der Waals surface area contributed by atoms with Crippen molar-refractivity contribution >= 4 is 5.97 Å². The van der Waals surface area contributed by atoms with Gasteiger partial charge in [-0.05, 0) is 50.8 Å². The van der Waals surface area contributed by atoms with E-state index in [0.717, 1.165) is 35.6 Å². The maximum absolute atomic E-state index is 14.8. The standard InChI is InChI=1S/C21H21FN4O7/c1-2-33-16(27)10-24-19(30)23-20(31)25(21(24)32)11-7-8-14(22)15(9-11)26-17(28)12-5-3-4-6-13(12)18(26)29/h7-9,28-29H,2-6,10H2,1H3,(H,23,30,31). The highest BCUT2D eigenvalue weighted by Gasteiger charge is 2.27. The Balaban J connectivity index is 1.89. The topological polar surface area (TPSA) is 149 Å². The van der Waals surface area contributed by atoms with E-state index in [1.807, 2.05) is 4.98 Å². The van der Waals surface area contributed by atoms with Crippen LogP contribution in [0.3, 0.4) is 0 Å². The molecule has 11 nitrogen and oxygen atoms in total. The molecule has 0 atom stereocenters. The Morgan fingerprint density at radius 2 is 1.70 bits per heavy atom. The summed E-state index contributed by atoms with van der Waals surface area (Å²) in [4.78, 5) is 51.1. The second-order valence-corrected chi connectivity index (χ2v) is 7.53. The minimum Gasteiger partial charge on any atom is -0.494 e. The van der Waals surface area contributed by atoms with E-state index in [2.05, 4.69) is 0 Å². The molecular weight excluding hydrogens is 439 g/mol. The van der Waals surface area contributed by atoms with Gasteiger partial charge in [-0.2, -0.15) is 0 Å². The predicted octanol–water partition coefficient (Wildman–Crippen LogP) is 0.470. The first-order valence-corrected chi connectivity index (χ1v) is 10.3. The molecule has 12 heteroatoms. The maximum Gasteiger partial charge on any atom is 0.341 e. The van der Waals surface area contributed by atoms with E-state index >= 15 is 0 Å². The lowest BCUT2D eigenvalue weighted by molar-refractivity contribution is -0.144. The highest BCUT2D eigenvalue weighted by atomic mass is 19.1. The average molecular weight is 460 g/mol. The molecule has 0 bridgehead atoms. The molecule has 174 valence electrons. The SMILES string of the molecule is CCOC(=O)Cn1c(=O)[nH]c(=O)n(-c2ccc(F)c(-n3c(O)c4c(c3O)CCCC4)c2)c1=O. The van der Waals surface area contributed by atoms with Gasteiger partial charge < -0.3 is 14.9 Å². The number of carbonyl (C=O) groups excluding carboxylic acids is 1. The molecule has 33 heavy (non-hydrogen) atoms. The van der Waals surface area contributed by atoms with Crippen LogP contribution in [0, 0.1) is 5.82 Å². The number of hydrogen-bond acceptors (Lipinski definition) is 7. The molecule has 2 aromatic heterocycles. The van der Waals surface area contributed by atoms with Gasteiger partial charge in [-0.3, -0.25) is 9.78 Å². The molecule has 3 aromatic rings. The van der Waals surface area contributed by atoms with Crippen LogP contribution in [0.25, 0.3) is 11.4 Å². The quantitative estimate of drug-likeness (QED) is 0.469. The molecular formula is C21H21FN4O7. The Hall–Kier alpha value is -4.09. The first kappa shape index (κ1) is 22.1. The van der Waals surface area contributed by atoms with Gasteiger partial charge in [-0.25, -0.2) is 32.5 Å². The first-order chi connectivity index (χ1) is 15.7. The zero-order chi connectivity index (χ0) is 23.9. The van der Waals surface area contributed by atoms with Gasteiger partial charge >= 0.3 is 23.0 Å². The zero-order valence-corrected chi connectivity index (χ0v) is 17.6. The highest BCUT2D eigenvalue weighted by Crippen LogP contribution is 2.41. The van der Waals surface area contributed by atoms with Crippen molar-refractivity contribution in [1.82, 2.24) is 18.7 Å². The third kappa shape index (κ3) is 3.73. The summed E-state index contributed by atoms with van der Waals surface area (Å²) in [5, 5.41) is 21.3. The fraction of sp³-hybridized carbons (Fsp3) is 0.333. The van der Waals surface area contributed by atoms with Gasteiger partial charge in [-0.15, -0.1) is 0 Å². The van der Waals surface area contributed by atoms with Gasteiger partial charge in [0, 0.05) is 11.1 Å². The number of rotatable bonds is 5. The van der Waals surface area contributed by atoms with E-state index in [9.17, 15) is 33.8 Å². The summed E-state index contributed by atoms with van der Waals surface area (Å²) >= 11 is 0. The summed E-state index contributed by atoms with van der Waals surface area (Å²) < 4.78 is 21.4. The number of carbonyl (C=O) groups is 1. The van der Waals surface area contributed by atoms with Crippen LogP contribution in [0.1, 0.15) is 30.9 Å². The van der Waals surface area contributed by atoms with Gasteiger partial charge in [0.05, 0.1) is 18.0 Å². The van der Waals surface area contributed by atoms with Gasteiger partial charge in [0.15, 0.2) is 0 Å². The summed E-state index contributed by atoms with van der Waals surface area (Å²) in [5.41, 5.74) is -2.78. The monoisotopic (exact) mass is 460 g/mol. The molecule has 0 spiro atoms. The second-order valence-electron chi connectivity index (χ2n) is 7.53. The summed E-state index contributed by atoms with van der Waals surface area (Å²) in [5.74, 6) is -2.34. The minimum atomic E-state index is -1.14. The van der Waals surface area contributed by atoms with Crippen molar-refractivity contribution in [3.05, 3.63) is 66.6 Å². The summed E-state index contributed by atoms with van der Waals surface area (Å²) in [6.45, 7) is 0.846. The fourth-order valence-corrected chi connectivity index (χ4v) is 4.02. The summed E-state index contributed by atoms with van der Waals surface area (Å²) in [7, 11) is 0. The lowest BCUT2D eigenvalue weighted by atomic mass is 9.95. The fourth-order valence-electron chi connectivity index (χ4n) is 4.02. The third-order valence-electron chi connectivity index (χ3n) is 5.54. The number of aromatic nitrogens is 4. The average Bonchev–Trinajstić information content (AvgIpc) is 3.03. The van der Waals surface area contributed by atoms with Gasteiger partial charge in [0.2, 0.25) is 11.8 Å². The van der Waals surface area contributed by atoms with E-state index in [-0.39, 0.29) is 29.7 Å². The smallest absolute Gasteiger partial charge is 0.341 e. The number of aromatic amines is 1. The summed E-state index contributed by atoms with van der Waals surface area (Å²) in [6.07, 6.45) is 2.64. The van der Waals surface area contributed by atoms with Crippen LogP contribution in [0.2, 0.25) is 0 Å². The van der Waals surface area contributed by atoms with Crippen LogP contribution in [0.5, 0.6) is 11.8 Å². The van der Waals surface area contributed by atoms with Crippen molar-refractivity contribution < 1.29 is 24.1 Å². The van der Waals surface area contributed by atoms with Crippen LogP contribution in [-0.2, 0) is 28.9 Å². The van der Waals surface area contributed by atoms with Crippen LogP contribution in [0.4, 0.5) is 4.39 Å². The molecule has 4 rings (SSSR count). The van der Waals surface area contributed by atoms with Crippen molar-refractivity contribution in [3.63, 3.8) is 0 Å². The van der Waals surface area contributed by atoms with Gasteiger partial charge in [-0.1, -0.05) is 0 Å². The highest BCUT2D eigenvalue weighted by molar-refractivity contribution is 5.69. The zero-order valence-electron chi connectivity index (χ0n) is 17.6. The molecule has 0 radical (unpaired) electrons. The number of nitrogens with one attached hydrogen (secondary N) is 1. The molecule has 0 unspecified atom stereocenters. The van der Waals surface area contributed by atoms with Gasteiger partial charge in [0.25, 0.3) is 0 Å². The molecule has 0 aliphatic heterocycles. The van der Waals surface area contributed by atoms with Crippen LogP contribution in [0.15, 0.2) is 32.6 Å². The van der Waals surface area contributed by atoms with Crippen LogP contribution in [-0.4, -0.2) is 41.5 Å². The predicted molar refractivity (Wildman–Crippen MR) is 113 cm³/mol. The van der Waals surface area contributed by atoms with Crippen LogP contribution < -0.4 is 17.1 Å². The number of H-pyrrole nitrogens is 1. The van der Waals surface area contributed by atoms with Crippen molar-refractivity contribution in [3.8, 4) is 23.1 Å². The number of benzene rings is 1. The molecule has 1 aromatic carbocycles. The van der Waals surface area contributed by atoms with E-state index in [4.69, 9.17) is 4.74 Å². The van der Waals surface area contributed by atoms with E-state index in [1.54, 1.807) is 6.92 Å². The number of aromatic hydroxyl groups is 2. The van der Waals surface area contributed by atoms with E-state index < -0.39 is 35.4 Å². The molecule has 1 aliphatic rings. The maximum atomic E-state index is 14.8. The largest absolute Gasteiger partial charge is 0.494 e. The molecule has 2 heterocycles. The number of nitrogens with zero attached hydrogens (tertiary/aromatic N) is 3. The first-order valence-electron chi connectivity index (χ1n) is 10.3. The number of esters is 1. The van der Waals surface area contributed by atoms with E-state index in [0.29, 0.717) is 33.1 Å². The molecule has 1 aliphatic carbocycles. The van der Waals surface area contributed by atoms with Crippen molar-refractivity contribution in [2.24, 2.45) is 0 Å². The lowest BCUT2D eigenvalue weighted by Gasteiger charge is -2.12. The Morgan fingerprint density at radius 1 is 1.06 bits per heavy atom. The third-order valence-corrected chi connectivity index (χ3v) is 5.54. The number of ether oxygens (including phenoxy) is 1. The Kier molecular flexibility index (Phi) is 5.66. The molecule has 0 amide bonds. The minimum absolute atomic E-state index is 0.0281. The molecule has 0 saturated carbocycles. The summed E-state index contributed by atoms with van der Waals surface area (Å²) in [6, 6.07) is 3.15. The second kappa shape index (κ2) is 8.45. The van der Waals surface area contributed by atoms with Crippen molar-refractivity contribution in [2.75, 3.05) is 6.61 Å². The molecule has 0 fully saturated rings. The lowest BCUT2D eigenvalue weighted by Crippen LogP contribution is -2.49. The van der Waals surface area contributed by atoms with Crippen molar-refractivity contribution in [1.29, 1.82) is 0 Å². The molecule has 3 N–H and O–H groups in total. The molecule has 0 saturated heterocycles. The Morgan fingerprint density at radius 3 is 2.30 bits per heavy atom. The number of hydrogen-bond donors (Lipinski definition) is 3. The Labute approximate surface area is 184 Å². The van der Waals surface area contributed by atoms with Crippen LogP contribution >= 0.6 is 0 Å². The Bertz CT molecular complexity index is 1400. The normalized spacial score (nSPS) is 13.0. The number of halogens is 1.